The number of halogens is 3. The molecule has 0 radical (unpaired) electrons. The highest BCUT2D eigenvalue weighted by Crippen LogP contribution is 2.26. The number of ketones is 1. The normalized spacial score (nSPS) is 10.5. The van der Waals surface area contributed by atoms with Gasteiger partial charge in [0, 0.05) is 28.0 Å². The molecule has 2 aromatic rings. The molecule has 0 spiro atoms. The molecule has 1 heterocycles. The molecular formula is C13H8BrF2NO2. The number of nitrogens with zero attached hydrogens (tertiary/aromatic N) is 1. The summed E-state index contributed by atoms with van der Waals surface area (Å²) in [4.78, 5) is 16.0. The Morgan fingerprint density at radius 1 is 1.32 bits per heavy atom. The zero-order chi connectivity index (χ0) is 13.8. The average Bonchev–Trinajstić information content (AvgIpc) is 2.38. The lowest BCUT2D eigenvalue weighted by Gasteiger charge is -2.07. The number of carbonyl (C=O) groups is 1. The fourth-order valence-electron chi connectivity index (χ4n) is 1.51. The van der Waals surface area contributed by atoms with Crippen molar-refractivity contribution < 1.29 is 18.3 Å². The van der Waals surface area contributed by atoms with E-state index in [1.165, 1.54) is 24.4 Å². The van der Waals surface area contributed by atoms with E-state index in [0.717, 1.165) is 0 Å². The summed E-state index contributed by atoms with van der Waals surface area (Å²) in [5.41, 5.74) is 0.778. The van der Waals surface area contributed by atoms with Crippen LogP contribution in [0.1, 0.15) is 15.9 Å². The van der Waals surface area contributed by atoms with Gasteiger partial charge in [0.05, 0.1) is 0 Å². The molecule has 0 saturated carbocycles. The second-order valence-electron chi connectivity index (χ2n) is 3.59. The van der Waals surface area contributed by atoms with Gasteiger partial charge in [-0.05, 0) is 46.3 Å². The fraction of sp³-hybridized carbons (Fsp3) is 0.0769. The Balaban J connectivity index is 2.29. The smallest absolute Gasteiger partial charge is 0.387 e. The lowest BCUT2D eigenvalue weighted by Crippen LogP contribution is -2.05. The van der Waals surface area contributed by atoms with Gasteiger partial charge in [-0.2, -0.15) is 8.78 Å². The van der Waals surface area contributed by atoms with Gasteiger partial charge in [0.2, 0.25) is 0 Å². The Morgan fingerprint density at radius 3 is 2.68 bits per heavy atom. The van der Waals surface area contributed by atoms with Gasteiger partial charge in [0.15, 0.2) is 5.78 Å². The van der Waals surface area contributed by atoms with Gasteiger partial charge >= 0.3 is 6.61 Å². The van der Waals surface area contributed by atoms with Crippen LogP contribution in [0, 0.1) is 0 Å². The molecule has 0 amide bonds. The zero-order valence-electron chi connectivity index (χ0n) is 9.52. The SMILES string of the molecule is O=C(c1cccnc1)c1ccc(OC(F)F)cc1Br. The molecular weight excluding hydrogens is 320 g/mol. The van der Waals surface area contributed by atoms with E-state index in [2.05, 4.69) is 25.7 Å². The van der Waals surface area contributed by atoms with Crippen molar-refractivity contribution in [1.82, 2.24) is 4.98 Å². The molecule has 0 fully saturated rings. The van der Waals surface area contributed by atoms with E-state index in [9.17, 15) is 13.6 Å². The zero-order valence-corrected chi connectivity index (χ0v) is 11.1. The lowest BCUT2D eigenvalue weighted by molar-refractivity contribution is -0.0498. The first kappa shape index (κ1) is 13.6. The second-order valence-corrected chi connectivity index (χ2v) is 4.45. The lowest BCUT2D eigenvalue weighted by atomic mass is 10.1. The van der Waals surface area contributed by atoms with E-state index in [0.29, 0.717) is 15.6 Å². The minimum absolute atomic E-state index is 0.00962. The first-order chi connectivity index (χ1) is 9.08. The van der Waals surface area contributed by atoms with E-state index in [1.54, 1.807) is 18.3 Å². The molecule has 19 heavy (non-hydrogen) atoms. The summed E-state index contributed by atoms with van der Waals surface area (Å²) < 4.78 is 28.8. The molecule has 0 N–H and O–H groups in total. The van der Waals surface area contributed by atoms with Crippen molar-refractivity contribution in [3.05, 3.63) is 58.3 Å². The highest BCUT2D eigenvalue weighted by atomic mass is 79.9. The quantitative estimate of drug-likeness (QED) is 0.804. The van der Waals surface area contributed by atoms with Gasteiger partial charge in [-0.25, -0.2) is 0 Å². The van der Waals surface area contributed by atoms with Crippen molar-refractivity contribution in [3.63, 3.8) is 0 Å². The predicted octanol–water partition coefficient (Wildman–Crippen LogP) is 3.68. The molecule has 0 atom stereocenters. The fourth-order valence-corrected chi connectivity index (χ4v) is 2.05. The summed E-state index contributed by atoms with van der Waals surface area (Å²) in [6.07, 6.45) is 3.00. The largest absolute Gasteiger partial charge is 0.435 e. The van der Waals surface area contributed by atoms with E-state index in [4.69, 9.17) is 0 Å². The van der Waals surface area contributed by atoms with Gasteiger partial charge < -0.3 is 4.74 Å². The molecule has 0 aliphatic carbocycles. The number of rotatable bonds is 4. The maximum atomic E-state index is 12.1. The third-order valence-corrected chi connectivity index (χ3v) is 2.99. The van der Waals surface area contributed by atoms with Crippen LogP contribution in [0.3, 0.4) is 0 Å². The van der Waals surface area contributed by atoms with Gasteiger partial charge in [-0.1, -0.05) is 0 Å². The first-order valence-electron chi connectivity index (χ1n) is 5.27. The van der Waals surface area contributed by atoms with Crippen molar-refractivity contribution in [2.24, 2.45) is 0 Å². The molecule has 0 bridgehead atoms. The number of benzene rings is 1. The highest BCUT2D eigenvalue weighted by molar-refractivity contribution is 9.10. The van der Waals surface area contributed by atoms with Crippen molar-refractivity contribution in [2.45, 2.75) is 6.61 Å². The summed E-state index contributed by atoms with van der Waals surface area (Å²) in [7, 11) is 0. The molecule has 6 heteroatoms. The van der Waals surface area contributed by atoms with E-state index in [1.807, 2.05) is 0 Å². The van der Waals surface area contributed by atoms with Crippen molar-refractivity contribution in [1.29, 1.82) is 0 Å². The minimum Gasteiger partial charge on any atom is -0.435 e. The molecule has 0 saturated heterocycles. The number of carbonyl (C=O) groups excluding carboxylic acids is 1. The maximum absolute atomic E-state index is 12.1. The Bertz CT molecular complexity index is 590. The van der Waals surface area contributed by atoms with Gasteiger partial charge in [0.25, 0.3) is 0 Å². The summed E-state index contributed by atoms with van der Waals surface area (Å²) in [5.74, 6) is -0.256. The molecule has 1 aromatic carbocycles. The van der Waals surface area contributed by atoms with Crippen LogP contribution in [0.2, 0.25) is 0 Å². The van der Waals surface area contributed by atoms with Crippen LogP contribution in [0.4, 0.5) is 8.78 Å². The van der Waals surface area contributed by atoms with E-state index < -0.39 is 6.61 Å². The molecule has 2 rings (SSSR count). The third-order valence-electron chi connectivity index (χ3n) is 2.33. The number of aromatic nitrogens is 1. The number of ether oxygens (including phenoxy) is 1. The van der Waals surface area contributed by atoms with Crippen LogP contribution in [0.5, 0.6) is 5.75 Å². The standard InChI is InChI=1S/C13H8BrF2NO2/c14-11-6-9(19-13(15)16)3-4-10(11)12(18)8-2-1-5-17-7-8/h1-7,13H. The molecule has 98 valence electrons. The van der Waals surface area contributed by atoms with Crippen LogP contribution in [-0.4, -0.2) is 17.4 Å². The highest BCUT2D eigenvalue weighted by Gasteiger charge is 2.14. The van der Waals surface area contributed by atoms with Gasteiger partial charge in [-0.15, -0.1) is 0 Å². The van der Waals surface area contributed by atoms with Crippen molar-refractivity contribution >= 4 is 21.7 Å². The summed E-state index contributed by atoms with van der Waals surface area (Å²) in [6, 6.07) is 7.36. The number of pyridine rings is 1. The molecule has 0 unspecified atom stereocenters. The van der Waals surface area contributed by atoms with Gasteiger partial charge in [0.1, 0.15) is 5.75 Å². The van der Waals surface area contributed by atoms with Crippen LogP contribution in [0.15, 0.2) is 47.2 Å². The molecule has 1 aromatic heterocycles. The Hall–Kier alpha value is -1.82. The van der Waals surface area contributed by atoms with Gasteiger partial charge in [-0.3, -0.25) is 9.78 Å². The van der Waals surface area contributed by atoms with E-state index >= 15 is 0 Å². The Labute approximate surface area is 116 Å². The van der Waals surface area contributed by atoms with Crippen LogP contribution in [0.25, 0.3) is 0 Å². The number of hydrogen-bond donors (Lipinski definition) is 0. The number of hydrogen-bond acceptors (Lipinski definition) is 3. The monoisotopic (exact) mass is 327 g/mol. The Kier molecular flexibility index (Phi) is 4.21. The molecule has 0 aliphatic rings. The van der Waals surface area contributed by atoms with Crippen LogP contribution in [-0.2, 0) is 0 Å². The minimum atomic E-state index is -2.90. The first-order valence-corrected chi connectivity index (χ1v) is 6.06. The average molecular weight is 328 g/mol. The maximum Gasteiger partial charge on any atom is 0.387 e. The third kappa shape index (κ3) is 3.35. The van der Waals surface area contributed by atoms with E-state index in [-0.39, 0.29) is 11.5 Å². The van der Waals surface area contributed by atoms with Crippen molar-refractivity contribution in [3.8, 4) is 5.75 Å². The topological polar surface area (TPSA) is 39.2 Å². The summed E-state index contributed by atoms with van der Waals surface area (Å²) in [6.45, 7) is -2.90. The Morgan fingerprint density at radius 2 is 2.11 bits per heavy atom. The number of alkyl halides is 2. The second kappa shape index (κ2) is 5.88. The predicted molar refractivity (Wildman–Crippen MR) is 68.4 cm³/mol. The van der Waals surface area contributed by atoms with Crippen LogP contribution < -0.4 is 4.74 Å². The van der Waals surface area contributed by atoms with Crippen molar-refractivity contribution in [2.75, 3.05) is 0 Å². The van der Waals surface area contributed by atoms with Crippen LogP contribution >= 0.6 is 15.9 Å². The molecule has 3 nitrogen and oxygen atoms in total. The molecule has 0 aliphatic heterocycles. The summed E-state index contributed by atoms with van der Waals surface area (Å²) in [5, 5.41) is 0. The summed E-state index contributed by atoms with van der Waals surface area (Å²) >= 11 is 3.17.